The average molecular weight is 936 g/mol. The largest absolute Gasteiger partial charge is 0.342 e. The third-order valence-corrected chi connectivity index (χ3v) is 16.6. The highest BCUT2D eigenvalue weighted by Crippen LogP contribution is 2.63. The van der Waals surface area contributed by atoms with Crippen molar-refractivity contribution in [2.45, 2.75) is 125 Å². The molecule has 5 aliphatic heterocycles. The fourth-order valence-corrected chi connectivity index (χ4v) is 13.1. The molecule has 3 saturated heterocycles. The summed E-state index contributed by atoms with van der Waals surface area (Å²) < 4.78 is 16.4. The van der Waals surface area contributed by atoms with Crippen molar-refractivity contribution in [3.63, 3.8) is 0 Å². The number of amides is 6. The molecular weight excluding hydrogens is 883 g/mol. The van der Waals surface area contributed by atoms with Gasteiger partial charge in [0.05, 0.1) is 11.1 Å². The van der Waals surface area contributed by atoms with Crippen LogP contribution in [0.5, 0.6) is 0 Å². The number of nitrogens with one attached hydrogen (secondary N) is 3. The van der Waals surface area contributed by atoms with Crippen LogP contribution in [-0.4, -0.2) is 93.9 Å². The number of halogens is 3. The molecule has 0 radical (unpaired) electrons. The molecule has 10 rings (SSSR count). The van der Waals surface area contributed by atoms with Gasteiger partial charge in [-0.3, -0.25) is 39.4 Å². The van der Waals surface area contributed by atoms with E-state index in [1.54, 1.807) is 48.3 Å². The number of fused-ring (bicyclic) bond motifs is 4. The lowest BCUT2D eigenvalue weighted by Crippen LogP contribution is -2.60. The van der Waals surface area contributed by atoms with E-state index in [9.17, 15) is 24.0 Å². The van der Waals surface area contributed by atoms with E-state index in [1.807, 2.05) is 17.0 Å². The molecule has 7 aliphatic rings. The first kappa shape index (κ1) is 44.5. The minimum atomic E-state index is -1.31. The van der Waals surface area contributed by atoms with Crippen molar-refractivity contribution in [2.75, 3.05) is 25.5 Å². The summed E-state index contributed by atoms with van der Waals surface area (Å²) in [6.07, 6.45) is 8.42. The fourth-order valence-electron chi connectivity index (χ4n) is 12.7. The van der Waals surface area contributed by atoms with Crippen LogP contribution < -0.4 is 16.0 Å². The van der Waals surface area contributed by atoms with Gasteiger partial charge in [0.1, 0.15) is 17.3 Å². The zero-order valence-electron chi connectivity index (χ0n) is 36.9. The molecule has 4 atom stereocenters. The van der Waals surface area contributed by atoms with Crippen LogP contribution in [0.15, 0.2) is 54.6 Å². The Kier molecular flexibility index (Phi) is 11.8. The molecule has 66 heavy (non-hydrogen) atoms. The van der Waals surface area contributed by atoms with Gasteiger partial charge in [0, 0.05) is 84.3 Å². The van der Waals surface area contributed by atoms with Gasteiger partial charge < -0.3 is 20.0 Å². The quantitative estimate of drug-likeness (QED) is 0.187. The van der Waals surface area contributed by atoms with Crippen LogP contribution in [0.4, 0.5) is 10.1 Å². The average Bonchev–Trinajstić information content (AvgIpc) is 3.92. The Hall–Kier alpha value is -5.29. The molecule has 3 aromatic carbocycles. The van der Waals surface area contributed by atoms with Crippen molar-refractivity contribution in [3.8, 4) is 11.8 Å². The van der Waals surface area contributed by atoms with Crippen molar-refractivity contribution in [2.24, 2.45) is 11.8 Å². The second kappa shape index (κ2) is 17.4. The standard InChI is InChI=1S/C51H53Cl2FN6O6/c1-58(48(65)44-42(35-9-6-10-38(53)43(35)54)51(50(57-44)23-3-2-4-24-50)37-18-15-32(52)27-39(37)55-49(51)66)33-16-13-31(14-17-33)46(63)59-25-21-29(22-26-59)11-12-30-7-5-8-34-36(30)28-60(47(34)64)40-19-20-41(61)56-45(40)62/h5-10,15,18,27,29,31,33,40,42,44,57H,2-4,13-14,16-17,19-26,28H2,1H3,(H,55,66)(H,56,61,62)/t31?,33?,40?,42-,44+,51+/m0/s1. The Morgan fingerprint density at radius 1 is 0.879 bits per heavy atom. The first-order valence-electron chi connectivity index (χ1n) is 23.5. The predicted octanol–water partition coefficient (Wildman–Crippen LogP) is 6.85. The number of likely N-dealkylation sites (tertiary alicyclic amines) is 1. The van der Waals surface area contributed by atoms with Gasteiger partial charge in [-0.15, -0.1) is 0 Å². The van der Waals surface area contributed by atoms with Crippen LogP contribution >= 0.6 is 23.2 Å². The Balaban J connectivity index is 0.801. The SMILES string of the molecule is CN(C(=O)[C@@H]1NC2(CCCCC2)[C@@]2(C(=O)Nc3cc(Cl)ccc32)[C@H]1c1cccc(Cl)c1F)C1CCC(C(=O)N2CCC(C#Cc3cccc4c3CN(C3CCC(=O)NC3=O)C4=O)CC2)CC1. The number of rotatable bonds is 5. The minimum absolute atomic E-state index is 0.0721. The maximum atomic E-state index is 16.4. The zero-order chi connectivity index (χ0) is 46.1. The van der Waals surface area contributed by atoms with E-state index in [-0.39, 0.29) is 71.0 Å². The van der Waals surface area contributed by atoms with E-state index in [0.717, 1.165) is 43.2 Å². The molecule has 2 aliphatic carbocycles. The predicted molar refractivity (Wildman–Crippen MR) is 246 cm³/mol. The smallest absolute Gasteiger partial charge is 0.255 e. The molecule has 5 fully saturated rings. The van der Waals surface area contributed by atoms with Crippen LogP contribution in [0.2, 0.25) is 10.0 Å². The fraction of sp³-hybridized carbons (Fsp3) is 0.490. The summed E-state index contributed by atoms with van der Waals surface area (Å²) in [5, 5.41) is 9.59. The summed E-state index contributed by atoms with van der Waals surface area (Å²) in [5.74, 6) is 3.71. The molecule has 1 unspecified atom stereocenters. The first-order valence-corrected chi connectivity index (χ1v) is 24.2. The summed E-state index contributed by atoms with van der Waals surface area (Å²) in [6.45, 7) is 1.44. The van der Waals surface area contributed by atoms with Crippen LogP contribution in [0.3, 0.4) is 0 Å². The van der Waals surface area contributed by atoms with E-state index in [0.29, 0.717) is 79.9 Å². The van der Waals surface area contributed by atoms with Crippen LogP contribution in [0.1, 0.15) is 122 Å². The number of carbonyl (C=O) groups is 6. The molecule has 3 N–H and O–H groups in total. The molecule has 5 heterocycles. The highest BCUT2D eigenvalue weighted by Gasteiger charge is 2.72. The summed E-state index contributed by atoms with van der Waals surface area (Å²) in [4.78, 5) is 86.7. The summed E-state index contributed by atoms with van der Waals surface area (Å²) in [5.41, 5.74) is 1.43. The molecule has 344 valence electrons. The van der Waals surface area contributed by atoms with Gasteiger partial charge in [-0.25, -0.2) is 4.39 Å². The Morgan fingerprint density at radius 2 is 1.62 bits per heavy atom. The van der Waals surface area contributed by atoms with Crippen LogP contribution in [0, 0.1) is 29.5 Å². The van der Waals surface area contributed by atoms with Crippen LogP contribution in [-0.2, 0) is 35.9 Å². The number of anilines is 1. The highest BCUT2D eigenvalue weighted by atomic mass is 35.5. The van der Waals surface area contributed by atoms with Crippen molar-refractivity contribution in [1.29, 1.82) is 0 Å². The molecule has 0 aromatic heterocycles. The highest BCUT2D eigenvalue weighted by molar-refractivity contribution is 6.31. The summed E-state index contributed by atoms with van der Waals surface area (Å²) >= 11 is 12.9. The number of nitrogens with zero attached hydrogens (tertiary/aromatic N) is 3. The number of carbonyl (C=O) groups excluding carboxylic acids is 6. The molecule has 2 saturated carbocycles. The lowest BCUT2D eigenvalue weighted by atomic mass is 9.55. The summed E-state index contributed by atoms with van der Waals surface area (Å²) in [6, 6.07) is 13.8. The molecule has 2 spiro atoms. The monoisotopic (exact) mass is 934 g/mol. The number of hydrogen-bond donors (Lipinski definition) is 3. The first-order chi connectivity index (χ1) is 31.8. The maximum absolute atomic E-state index is 16.4. The second-order valence-electron chi connectivity index (χ2n) is 19.4. The van der Waals surface area contributed by atoms with Crippen molar-refractivity contribution >= 4 is 64.3 Å². The van der Waals surface area contributed by atoms with Gasteiger partial charge in [-0.2, -0.15) is 0 Å². The second-order valence-corrected chi connectivity index (χ2v) is 20.2. The molecular formula is C51H53Cl2FN6O6. The third kappa shape index (κ3) is 7.30. The molecule has 15 heteroatoms. The Morgan fingerprint density at radius 3 is 2.36 bits per heavy atom. The topological polar surface area (TPSA) is 148 Å². The van der Waals surface area contributed by atoms with Gasteiger partial charge in [0.25, 0.3) is 5.91 Å². The van der Waals surface area contributed by atoms with Crippen LogP contribution in [0.25, 0.3) is 0 Å². The van der Waals surface area contributed by atoms with Gasteiger partial charge in [-0.05, 0) is 105 Å². The number of likely N-dealkylation sites (N-methyl/N-ethyl adjacent to an activating group) is 1. The van der Waals surface area contributed by atoms with Crippen molar-refractivity contribution in [3.05, 3.63) is 98.3 Å². The number of piperidine rings is 2. The Bertz CT molecular complexity index is 2610. The third-order valence-electron chi connectivity index (χ3n) is 16.0. The lowest BCUT2D eigenvalue weighted by Gasteiger charge is -2.47. The van der Waals surface area contributed by atoms with E-state index in [1.165, 1.54) is 11.0 Å². The minimum Gasteiger partial charge on any atom is -0.342 e. The molecule has 6 amide bonds. The molecule has 12 nitrogen and oxygen atoms in total. The zero-order valence-corrected chi connectivity index (χ0v) is 38.4. The number of hydrogen-bond acceptors (Lipinski definition) is 7. The molecule has 0 bridgehead atoms. The maximum Gasteiger partial charge on any atom is 0.255 e. The number of imide groups is 1. The van der Waals surface area contributed by atoms with Gasteiger partial charge in [0.2, 0.25) is 29.5 Å². The van der Waals surface area contributed by atoms with Crippen molar-refractivity contribution in [1.82, 2.24) is 25.3 Å². The molecule has 3 aromatic rings. The van der Waals surface area contributed by atoms with Crippen molar-refractivity contribution < 1.29 is 33.2 Å². The van der Waals surface area contributed by atoms with Gasteiger partial charge in [-0.1, -0.05) is 78.6 Å². The van der Waals surface area contributed by atoms with Gasteiger partial charge >= 0.3 is 0 Å². The van der Waals surface area contributed by atoms with E-state index in [2.05, 4.69) is 27.8 Å². The lowest BCUT2D eigenvalue weighted by molar-refractivity contribution is -0.140. The normalized spacial score (nSPS) is 28.2. The Labute approximate surface area is 393 Å². The number of benzene rings is 3. The van der Waals surface area contributed by atoms with Gasteiger partial charge in [0.15, 0.2) is 0 Å². The summed E-state index contributed by atoms with van der Waals surface area (Å²) in [7, 11) is 1.80. The van der Waals surface area contributed by atoms with E-state index in [4.69, 9.17) is 23.2 Å². The van der Waals surface area contributed by atoms with E-state index >= 15 is 9.18 Å². The van der Waals surface area contributed by atoms with E-state index < -0.39 is 40.7 Å².